The van der Waals surface area contributed by atoms with E-state index < -0.39 is 84.5 Å². The van der Waals surface area contributed by atoms with Crippen molar-refractivity contribution >= 4 is 46.1 Å². The summed E-state index contributed by atoms with van der Waals surface area (Å²) in [5, 5.41) is 31.7. The molecule has 0 saturated heterocycles. The van der Waals surface area contributed by atoms with Gasteiger partial charge in [0.1, 0.15) is 30.5 Å². The van der Waals surface area contributed by atoms with Crippen molar-refractivity contribution in [1.29, 1.82) is 0 Å². The van der Waals surface area contributed by atoms with E-state index in [2.05, 4.69) is 11.4 Å². The van der Waals surface area contributed by atoms with Gasteiger partial charge in [-0.15, -0.1) is 0 Å². The molecule has 1 fully saturated rings. The normalized spacial score (nSPS) is 24.3. The van der Waals surface area contributed by atoms with Gasteiger partial charge in [-0.25, -0.2) is 9.13 Å². The number of phosphoric acid groups is 2. The number of hydrogen-bond donors (Lipinski definition) is 8. The Kier molecular flexibility index (Phi) is 24.7. The van der Waals surface area contributed by atoms with Gasteiger partial charge >= 0.3 is 29.2 Å². The van der Waals surface area contributed by atoms with Crippen LogP contribution in [0.15, 0.2) is 0 Å². The SMILES string of the molecule is CCCCCCCCCCCCCCCC(=O)O[C@H](CCSC(=O)CCC)COP(=O)(O)OC1C(O)[C@@H](O)C(OP(=O)(O)O)[C@@H](CP(=O)(O)O)[C@H]1O. The quantitative estimate of drug-likeness (QED) is 0.0288. The number of thioether (sulfide) groups is 1. The molecule has 0 aromatic rings. The Morgan fingerprint density at radius 1 is 0.673 bits per heavy atom. The summed E-state index contributed by atoms with van der Waals surface area (Å²) in [7, 11) is -15.8. The van der Waals surface area contributed by atoms with Crippen molar-refractivity contribution in [1.82, 2.24) is 0 Å². The number of esters is 1. The zero-order valence-corrected chi connectivity index (χ0v) is 33.7. The fraction of sp³-hybridized carbons (Fsp3) is 0.935. The maximum absolute atomic E-state index is 12.9. The van der Waals surface area contributed by atoms with Gasteiger partial charge in [0.25, 0.3) is 0 Å². The fourth-order valence-electron chi connectivity index (χ4n) is 5.84. The minimum absolute atomic E-state index is 0.0452. The van der Waals surface area contributed by atoms with Crippen LogP contribution in [0.1, 0.15) is 123 Å². The van der Waals surface area contributed by atoms with Gasteiger partial charge < -0.3 is 44.5 Å². The van der Waals surface area contributed by atoms with Crippen molar-refractivity contribution in [3.05, 3.63) is 0 Å². The standard InChI is InChI=1S/C31H61O17P3S/c1-3-5-6-7-8-9-10-11-12-13-14-15-16-18-25(32)46-23(19-20-52-26(33)17-4-2)21-45-51(43,44)48-31-27(34)24(22-49(37,38)39)30(28(35)29(31)36)47-50(40,41)42/h23-24,27-31,34-36H,3-22H2,1-2H3,(H,43,44)(H2,37,38,39)(H2,40,41,42)/t23-,24+,27-,28-,29?,30?,31?/m1/s1. The van der Waals surface area contributed by atoms with Crippen molar-refractivity contribution in [3.8, 4) is 0 Å². The van der Waals surface area contributed by atoms with Crippen molar-refractivity contribution in [3.63, 3.8) is 0 Å². The number of hydrogen-bond acceptors (Lipinski definition) is 13. The maximum Gasteiger partial charge on any atom is 0.472 e. The topological polar surface area (TPSA) is 284 Å². The molecule has 0 amide bonds. The predicted molar refractivity (Wildman–Crippen MR) is 193 cm³/mol. The number of aliphatic hydroxyl groups is 3. The van der Waals surface area contributed by atoms with E-state index in [1.54, 1.807) is 0 Å². The molecule has 0 bridgehead atoms. The van der Waals surface area contributed by atoms with Crippen LogP contribution in [0.2, 0.25) is 0 Å². The van der Waals surface area contributed by atoms with Gasteiger partial charge in [0.15, 0.2) is 5.12 Å². The average Bonchev–Trinajstić information content (AvgIpc) is 3.04. The zero-order chi connectivity index (χ0) is 39.4. The average molecular weight is 831 g/mol. The second-order valence-electron chi connectivity index (χ2n) is 13.2. The molecule has 308 valence electrons. The van der Waals surface area contributed by atoms with E-state index in [0.717, 1.165) is 37.4 Å². The first-order valence-corrected chi connectivity index (χ1v) is 23.9. The lowest BCUT2D eigenvalue weighted by atomic mass is 9.79. The molecule has 17 nitrogen and oxygen atoms in total. The highest BCUT2D eigenvalue weighted by Gasteiger charge is 2.55. The lowest BCUT2D eigenvalue weighted by Crippen LogP contribution is -2.62. The third-order valence-electron chi connectivity index (χ3n) is 8.55. The van der Waals surface area contributed by atoms with Crippen LogP contribution in [0.5, 0.6) is 0 Å². The molecule has 1 rings (SSSR count). The predicted octanol–water partition coefficient (Wildman–Crippen LogP) is 4.70. The molecule has 1 aliphatic rings. The molecule has 0 heterocycles. The molecule has 0 aliphatic heterocycles. The van der Waals surface area contributed by atoms with Crippen molar-refractivity contribution in [2.75, 3.05) is 18.5 Å². The van der Waals surface area contributed by atoms with Crippen LogP contribution in [0.25, 0.3) is 0 Å². The van der Waals surface area contributed by atoms with Crippen LogP contribution < -0.4 is 0 Å². The number of carbonyl (C=O) groups is 2. The molecule has 21 heteroatoms. The van der Waals surface area contributed by atoms with E-state index in [0.29, 0.717) is 19.3 Å². The summed E-state index contributed by atoms with van der Waals surface area (Å²) >= 11 is 0.992. The van der Waals surface area contributed by atoms with Crippen LogP contribution in [0.4, 0.5) is 0 Å². The van der Waals surface area contributed by atoms with E-state index in [9.17, 15) is 63.1 Å². The minimum atomic E-state index is -5.43. The van der Waals surface area contributed by atoms with Gasteiger partial charge in [0, 0.05) is 24.5 Å². The largest absolute Gasteiger partial charge is 0.472 e. The smallest absolute Gasteiger partial charge is 0.460 e. The summed E-state index contributed by atoms with van der Waals surface area (Å²) in [6, 6.07) is 0. The first-order chi connectivity index (χ1) is 24.3. The van der Waals surface area contributed by atoms with E-state index >= 15 is 0 Å². The number of aliphatic hydroxyl groups excluding tert-OH is 3. The molecule has 0 radical (unpaired) electrons. The van der Waals surface area contributed by atoms with Crippen LogP contribution in [-0.2, 0) is 41.6 Å². The molecule has 1 saturated carbocycles. The summed E-state index contributed by atoms with van der Waals surface area (Å²) in [6.07, 6.45) is 1.82. The first kappa shape index (κ1) is 49.8. The van der Waals surface area contributed by atoms with Gasteiger partial charge in [-0.2, -0.15) is 0 Å². The summed E-state index contributed by atoms with van der Waals surface area (Å²) in [6.45, 7) is 3.32. The molecule has 4 unspecified atom stereocenters. The summed E-state index contributed by atoms with van der Waals surface area (Å²) < 4.78 is 55.9. The van der Waals surface area contributed by atoms with E-state index in [4.69, 9.17) is 13.8 Å². The molecule has 0 aromatic heterocycles. The van der Waals surface area contributed by atoms with E-state index in [1.165, 1.54) is 51.4 Å². The highest BCUT2D eigenvalue weighted by molar-refractivity contribution is 8.13. The molecule has 52 heavy (non-hydrogen) atoms. The van der Waals surface area contributed by atoms with Gasteiger partial charge in [-0.3, -0.25) is 27.7 Å². The van der Waals surface area contributed by atoms with Crippen molar-refractivity contribution < 1.29 is 81.4 Å². The second kappa shape index (κ2) is 25.8. The first-order valence-electron chi connectivity index (χ1n) is 18.1. The minimum Gasteiger partial charge on any atom is -0.460 e. The summed E-state index contributed by atoms with van der Waals surface area (Å²) in [4.78, 5) is 72.4. The Labute approximate surface area is 310 Å². The lowest BCUT2D eigenvalue weighted by Gasteiger charge is -2.45. The number of phosphoric ester groups is 2. The number of rotatable bonds is 29. The van der Waals surface area contributed by atoms with E-state index in [-0.39, 0.29) is 23.7 Å². The molecule has 0 aromatic carbocycles. The van der Waals surface area contributed by atoms with Crippen LogP contribution >= 0.6 is 35.0 Å². The van der Waals surface area contributed by atoms with Crippen LogP contribution in [0.3, 0.4) is 0 Å². The Balaban J connectivity index is 2.75. The van der Waals surface area contributed by atoms with E-state index in [1.807, 2.05) is 6.92 Å². The molecule has 8 atom stereocenters. The van der Waals surface area contributed by atoms with Crippen molar-refractivity contribution in [2.45, 2.75) is 160 Å². The second-order valence-corrected chi connectivity index (χ2v) is 18.7. The Hall–Kier alpha value is -0.260. The highest BCUT2D eigenvalue weighted by atomic mass is 32.2. The van der Waals surface area contributed by atoms with Gasteiger partial charge in [0.05, 0.1) is 18.9 Å². The molecular weight excluding hydrogens is 769 g/mol. The zero-order valence-electron chi connectivity index (χ0n) is 30.2. The molecule has 8 N–H and O–H groups in total. The third kappa shape index (κ3) is 22.3. The Morgan fingerprint density at radius 2 is 1.19 bits per heavy atom. The van der Waals surface area contributed by atoms with Crippen LogP contribution in [0, 0.1) is 5.92 Å². The molecular formula is C31H61O17P3S. The summed E-state index contributed by atoms with van der Waals surface area (Å²) in [5.41, 5.74) is 0. The lowest BCUT2D eigenvalue weighted by molar-refractivity contribution is -0.193. The van der Waals surface area contributed by atoms with Gasteiger partial charge in [0.2, 0.25) is 0 Å². The monoisotopic (exact) mass is 830 g/mol. The van der Waals surface area contributed by atoms with Crippen molar-refractivity contribution in [2.24, 2.45) is 5.92 Å². The highest BCUT2D eigenvalue weighted by Crippen LogP contribution is 2.52. The van der Waals surface area contributed by atoms with Crippen LogP contribution in [-0.4, -0.2) is 106 Å². The molecule has 1 aliphatic carbocycles. The van der Waals surface area contributed by atoms with Gasteiger partial charge in [-0.05, 0) is 19.3 Å². The summed E-state index contributed by atoms with van der Waals surface area (Å²) in [5.74, 6) is -2.39. The third-order valence-corrected chi connectivity index (χ3v) is 11.9. The Morgan fingerprint density at radius 3 is 1.69 bits per heavy atom. The number of carbonyl (C=O) groups excluding carboxylic acids is 2. The fourth-order valence-corrected chi connectivity index (χ4v) is 9.34. The molecule has 0 spiro atoms. The van der Waals surface area contributed by atoms with Gasteiger partial charge in [-0.1, -0.05) is 103 Å². The Bertz CT molecular complexity index is 1170. The maximum atomic E-state index is 12.9. The number of unbranched alkanes of at least 4 members (excludes halogenated alkanes) is 12. The number of ether oxygens (including phenoxy) is 1.